The van der Waals surface area contributed by atoms with Crippen LogP contribution in [0.25, 0.3) is 0 Å². The van der Waals surface area contributed by atoms with Crippen molar-refractivity contribution in [2.24, 2.45) is 11.8 Å². The Kier molecular flexibility index (Phi) is 4.88. The van der Waals surface area contributed by atoms with Gasteiger partial charge >= 0.3 is 0 Å². The van der Waals surface area contributed by atoms with Crippen molar-refractivity contribution in [1.29, 1.82) is 0 Å². The van der Waals surface area contributed by atoms with Crippen molar-refractivity contribution in [3.63, 3.8) is 0 Å². The lowest BCUT2D eigenvalue weighted by Gasteiger charge is -2.41. The van der Waals surface area contributed by atoms with Gasteiger partial charge in [-0.2, -0.15) is 0 Å². The summed E-state index contributed by atoms with van der Waals surface area (Å²) in [6.07, 6.45) is 7.41. The molecule has 1 aliphatic heterocycles. The van der Waals surface area contributed by atoms with Crippen molar-refractivity contribution < 1.29 is 4.79 Å². The molecule has 1 heterocycles. The van der Waals surface area contributed by atoms with Crippen molar-refractivity contribution in [2.75, 3.05) is 19.6 Å². The van der Waals surface area contributed by atoms with Gasteiger partial charge in [0, 0.05) is 31.6 Å². The van der Waals surface area contributed by atoms with Gasteiger partial charge in [0.25, 0.3) is 0 Å². The molecule has 1 saturated heterocycles. The molecule has 19 heavy (non-hydrogen) atoms. The first-order valence-corrected chi connectivity index (χ1v) is 7.98. The first-order valence-electron chi connectivity index (χ1n) is 7.98. The molecule has 2 fully saturated rings. The van der Waals surface area contributed by atoms with Crippen molar-refractivity contribution >= 4 is 5.91 Å². The Hall–Kier alpha value is -0.570. The van der Waals surface area contributed by atoms with Gasteiger partial charge in [0.2, 0.25) is 5.91 Å². The van der Waals surface area contributed by atoms with Crippen LogP contribution in [0.3, 0.4) is 0 Å². The molecule has 110 valence electrons. The van der Waals surface area contributed by atoms with Crippen molar-refractivity contribution in [2.45, 2.75) is 64.8 Å². The van der Waals surface area contributed by atoms with Crippen LogP contribution in [0.4, 0.5) is 0 Å². The molecule has 1 aliphatic carbocycles. The number of carbonyl (C=O) groups is 1. The van der Waals surface area contributed by atoms with E-state index in [0.717, 1.165) is 31.5 Å². The highest BCUT2D eigenvalue weighted by Gasteiger charge is 2.32. The number of hydrogen-bond donors (Lipinski definition) is 1. The molecule has 0 bridgehead atoms. The molecule has 3 heteroatoms. The average Bonchev–Trinajstić information content (AvgIpc) is 2.36. The van der Waals surface area contributed by atoms with E-state index < -0.39 is 0 Å². The molecule has 2 rings (SSSR count). The van der Waals surface area contributed by atoms with E-state index >= 15 is 0 Å². The number of likely N-dealkylation sites (tertiary alicyclic amines) is 1. The second-order valence-corrected chi connectivity index (χ2v) is 7.36. The van der Waals surface area contributed by atoms with Crippen molar-refractivity contribution in [3.8, 4) is 0 Å². The zero-order valence-corrected chi connectivity index (χ0v) is 12.9. The van der Waals surface area contributed by atoms with Crippen LogP contribution in [0.2, 0.25) is 0 Å². The second kappa shape index (κ2) is 6.25. The number of carbonyl (C=O) groups excluding carboxylic acids is 1. The first-order chi connectivity index (χ1) is 8.96. The number of nitrogens with one attached hydrogen (secondary N) is 1. The fourth-order valence-corrected chi connectivity index (χ4v) is 3.53. The summed E-state index contributed by atoms with van der Waals surface area (Å²) in [7, 11) is 0. The summed E-state index contributed by atoms with van der Waals surface area (Å²) in [4.78, 5) is 14.4. The standard InChI is InChI=1S/C16H30N2O/c1-16(2,3)17-10-8-15(19)18-11-9-13-6-4-5-7-14(13)12-18/h13-14,17H,4-12H2,1-3H3. The van der Waals surface area contributed by atoms with Crippen LogP contribution >= 0.6 is 0 Å². The van der Waals surface area contributed by atoms with Crippen LogP contribution in [-0.2, 0) is 4.79 Å². The third-order valence-electron chi connectivity index (χ3n) is 4.64. The van der Waals surface area contributed by atoms with Crippen LogP contribution in [0.1, 0.15) is 59.3 Å². The lowest BCUT2D eigenvalue weighted by Crippen LogP contribution is -2.46. The van der Waals surface area contributed by atoms with Gasteiger partial charge < -0.3 is 10.2 Å². The molecule has 1 saturated carbocycles. The number of piperidine rings is 1. The van der Waals surface area contributed by atoms with Crippen LogP contribution in [0.15, 0.2) is 0 Å². The van der Waals surface area contributed by atoms with Crippen molar-refractivity contribution in [3.05, 3.63) is 0 Å². The monoisotopic (exact) mass is 266 g/mol. The molecule has 2 aliphatic rings. The minimum absolute atomic E-state index is 0.108. The number of fused-ring (bicyclic) bond motifs is 1. The molecule has 1 N–H and O–H groups in total. The molecular weight excluding hydrogens is 236 g/mol. The Labute approximate surface area is 118 Å². The van der Waals surface area contributed by atoms with Gasteiger partial charge in [-0.1, -0.05) is 19.3 Å². The van der Waals surface area contributed by atoms with Gasteiger partial charge in [0.05, 0.1) is 0 Å². The smallest absolute Gasteiger partial charge is 0.223 e. The van der Waals surface area contributed by atoms with E-state index in [9.17, 15) is 4.79 Å². The number of amides is 1. The first kappa shape index (κ1) is 14.8. The molecule has 2 unspecified atom stereocenters. The van der Waals surface area contributed by atoms with Gasteiger partial charge in [-0.05, 0) is 45.4 Å². The van der Waals surface area contributed by atoms with Crippen LogP contribution in [0.5, 0.6) is 0 Å². The van der Waals surface area contributed by atoms with E-state index in [1.165, 1.54) is 32.1 Å². The normalized spacial score (nSPS) is 28.1. The molecule has 1 amide bonds. The minimum atomic E-state index is 0.108. The highest BCUT2D eigenvalue weighted by atomic mass is 16.2. The lowest BCUT2D eigenvalue weighted by molar-refractivity contribution is -0.134. The van der Waals surface area contributed by atoms with Crippen LogP contribution in [0, 0.1) is 11.8 Å². The summed E-state index contributed by atoms with van der Waals surface area (Å²) in [5, 5.41) is 3.40. The molecule has 0 aromatic carbocycles. The fraction of sp³-hybridized carbons (Fsp3) is 0.938. The molecular formula is C16H30N2O. The van der Waals surface area contributed by atoms with Gasteiger partial charge in [0.1, 0.15) is 0 Å². The van der Waals surface area contributed by atoms with Gasteiger partial charge in [0.15, 0.2) is 0 Å². The van der Waals surface area contributed by atoms with E-state index in [2.05, 4.69) is 31.0 Å². The average molecular weight is 266 g/mol. The topological polar surface area (TPSA) is 32.3 Å². The summed E-state index contributed by atoms with van der Waals surface area (Å²) in [5.74, 6) is 2.05. The Morgan fingerprint density at radius 1 is 1.16 bits per heavy atom. The SMILES string of the molecule is CC(C)(C)NCCC(=O)N1CCC2CCCCC2C1. The molecule has 0 aromatic rings. The zero-order chi connectivity index (χ0) is 13.9. The van der Waals surface area contributed by atoms with Gasteiger partial charge in [-0.3, -0.25) is 4.79 Å². The highest BCUT2D eigenvalue weighted by molar-refractivity contribution is 5.76. The summed E-state index contributed by atoms with van der Waals surface area (Å²) in [5.41, 5.74) is 0.108. The summed E-state index contributed by atoms with van der Waals surface area (Å²) >= 11 is 0. The lowest BCUT2D eigenvalue weighted by atomic mass is 9.75. The Morgan fingerprint density at radius 3 is 2.53 bits per heavy atom. The Bertz CT molecular complexity index is 308. The summed E-state index contributed by atoms with van der Waals surface area (Å²) in [6.45, 7) is 9.25. The quantitative estimate of drug-likeness (QED) is 0.852. The molecule has 0 aromatic heterocycles. The fourth-order valence-electron chi connectivity index (χ4n) is 3.53. The number of rotatable bonds is 3. The minimum Gasteiger partial charge on any atom is -0.342 e. The van der Waals surface area contributed by atoms with E-state index in [-0.39, 0.29) is 5.54 Å². The van der Waals surface area contributed by atoms with E-state index in [0.29, 0.717) is 12.3 Å². The third-order valence-corrected chi connectivity index (χ3v) is 4.64. The largest absolute Gasteiger partial charge is 0.342 e. The van der Waals surface area contributed by atoms with Crippen LogP contribution in [-0.4, -0.2) is 36.0 Å². The predicted molar refractivity (Wildman–Crippen MR) is 79.0 cm³/mol. The highest BCUT2D eigenvalue weighted by Crippen LogP contribution is 2.36. The maximum atomic E-state index is 12.2. The molecule has 2 atom stereocenters. The van der Waals surface area contributed by atoms with E-state index in [1.807, 2.05) is 0 Å². The molecule has 3 nitrogen and oxygen atoms in total. The third kappa shape index (κ3) is 4.48. The maximum Gasteiger partial charge on any atom is 0.223 e. The van der Waals surface area contributed by atoms with Crippen molar-refractivity contribution in [1.82, 2.24) is 10.2 Å². The summed E-state index contributed by atoms with van der Waals surface area (Å²) in [6, 6.07) is 0. The van der Waals surface area contributed by atoms with Crippen LogP contribution < -0.4 is 5.32 Å². The van der Waals surface area contributed by atoms with E-state index in [1.54, 1.807) is 0 Å². The second-order valence-electron chi connectivity index (χ2n) is 7.36. The molecule has 0 spiro atoms. The molecule has 0 radical (unpaired) electrons. The van der Waals surface area contributed by atoms with Gasteiger partial charge in [-0.15, -0.1) is 0 Å². The summed E-state index contributed by atoms with van der Waals surface area (Å²) < 4.78 is 0. The Morgan fingerprint density at radius 2 is 1.84 bits per heavy atom. The van der Waals surface area contributed by atoms with Gasteiger partial charge in [-0.25, -0.2) is 0 Å². The Balaban J connectivity index is 1.74. The van der Waals surface area contributed by atoms with E-state index in [4.69, 9.17) is 0 Å². The number of hydrogen-bond acceptors (Lipinski definition) is 2. The maximum absolute atomic E-state index is 12.2. The zero-order valence-electron chi connectivity index (χ0n) is 12.9. The predicted octanol–water partition coefficient (Wildman–Crippen LogP) is 2.80. The number of nitrogens with zero attached hydrogens (tertiary/aromatic N) is 1.